The van der Waals surface area contributed by atoms with Crippen LogP contribution in [0.1, 0.15) is 25.0 Å². The van der Waals surface area contributed by atoms with E-state index in [0.29, 0.717) is 13.2 Å². The first-order valence-electron chi connectivity index (χ1n) is 7.84. The van der Waals surface area contributed by atoms with E-state index in [1.54, 1.807) is 0 Å². The van der Waals surface area contributed by atoms with Gasteiger partial charge in [-0.25, -0.2) is 0 Å². The maximum absolute atomic E-state index is 5.82. The van der Waals surface area contributed by atoms with Gasteiger partial charge in [-0.2, -0.15) is 0 Å². The van der Waals surface area contributed by atoms with E-state index < -0.39 is 0 Å². The molecule has 0 spiro atoms. The Hall–Kier alpha value is -1.32. The van der Waals surface area contributed by atoms with Crippen molar-refractivity contribution in [2.45, 2.75) is 27.2 Å². The minimum absolute atomic E-state index is 0.589. The van der Waals surface area contributed by atoms with Crippen LogP contribution in [-0.4, -0.2) is 44.4 Å². The molecule has 21 heavy (non-hydrogen) atoms. The van der Waals surface area contributed by atoms with E-state index >= 15 is 0 Å². The van der Waals surface area contributed by atoms with Crippen molar-refractivity contribution in [1.82, 2.24) is 4.90 Å². The Bertz CT molecular complexity index is 414. The monoisotopic (exact) mass is 291 g/mol. The standard InChI is InChI=1S/C18H29NO2/c1-5-8-17-15-16(4)9-10-18(17)21-14-13-20-12-11-19(6-2)7-3/h5,9-10,15H,1,6-8,11-14H2,2-4H3. The maximum atomic E-state index is 5.82. The lowest BCUT2D eigenvalue weighted by molar-refractivity contribution is 0.0817. The van der Waals surface area contributed by atoms with Crippen LogP contribution in [0, 0.1) is 6.92 Å². The highest BCUT2D eigenvalue weighted by Crippen LogP contribution is 2.20. The Morgan fingerprint density at radius 1 is 1.14 bits per heavy atom. The van der Waals surface area contributed by atoms with Gasteiger partial charge < -0.3 is 14.4 Å². The number of aryl methyl sites for hydroxylation is 1. The van der Waals surface area contributed by atoms with E-state index in [-0.39, 0.29) is 0 Å². The van der Waals surface area contributed by atoms with Crippen molar-refractivity contribution in [3.63, 3.8) is 0 Å². The highest BCUT2D eigenvalue weighted by molar-refractivity contribution is 5.38. The van der Waals surface area contributed by atoms with Crippen molar-refractivity contribution in [3.05, 3.63) is 42.0 Å². The number of nitrogens with zero attached hydrogens (tertiary/aromatic N) is 1. The number of allylic oxidation sites excluding steroid dienone is 1. The minimum atomic E-state index is 0.589. The number of ether oxygens (including phenoxy) is 2. The van der Waals surface area contributed by atoms with Crippen molar-refractivity contribution in [2.24, 2.45) is 0 Å². The summed E-state index contributed by atoms with van der Waals surface area (Å²) in [7, 11) is 0. The molecule has 0 unspecified atom stereocenters. The molecule has 0 aliphatic carbocycles. The van der Waals surface area contributed by atoms with Gasteiger partial charge in [0, 0.05) is 6.54 Å². The maximum Gasteiger partial charge on any atom is 0.122 e. The lowest BCUT2D eigenvalue weighted by atomic mass is 10.1. The molecule has 0 amide bonds. The van der Waals surface area contributed by atoms with Crippen LogP contribution < -0.4 is 4.74 Å². The predicted molar refractivity (Wildman–Crippen MR) is 89.2 cm³/mol. The van der Waals surface area contributed by atoms with Gasteiger partial charge in [0.05, 0.1) is 13.2 Å². The Balaban J connectivity index is 2.28. The normalized spacial score (nSPS) is 10.9. The van der Waals surface area contributed by atoms with Crippen LogP contribution in [0.3, 0.4) is 0 Å². The molecular weight excluding hydrogens is 262 g/mol. The molecule has 0 saturated heterocycles. The Kier molecular flexibility index (Phi) is 8.79. The van der Waals surface area contributed by atoms with Crippen LogP contribution in [-0.2, 0) is 11.2 Å². The summed E-state index contributed by atoms with van der Waals surface area (Å²) in [5.41, 5.74) is 2.43. The smallest absolute Gasteiger partial charge is 0.122 e. The number of rotatable bonds is 11. The molecular formula is C18H29NO2. The SMILES string of the molecule is C=CCc1cc(C)ccc1OCCOCCN(CC)CC. The summed E-state index contributed by atoms with van der Waals surface area (Å²) in [6.07, 6.45) is 2.74. The first-order valence-corrected chi connectivity index (χ1v) is 7.84. The molecule has 3 heteroatoms. The highest BCUT2D eigenvalue weighted by Gasteiger charge is 2.03. The summed E-state index contributed by atoms with van der Waals surface area (Å²) >= 11 is 0. The molecule has 1 aromatic rings. The zero-order valence-corrected chi connectivity index (χ0v) is 13.7. The van der Waals surface area contributed by atoms with Crippen molar-refractivity contribution < 1.29 is 9.47 Å². The number of hydrogen-bond donors (Lipinski definition) is 0. The third-order valence-corrected chi connectivity index (χ3v) is 3.51. The van der Waals surface area contributed by atoms with Gasteiger partial charge in [0.1, 0.15) is 12.4 Å². The lowest BCUT2D eigenvalue weighted by Crippen LogP contribution is -2.27. The van der Waals surface area contributed by atoms with Crippen molar-refractivity contribution >= 4 is 0 Å². The largest absolute Gasteiger partial charge is 0.491 e. The molecule has 0 aromatic heterocycles. The molecule has 0 heterocycles. The van der Waals surface area contributed by atoms with Gasteiger partial charge in [-0.3, -0.25) is 0 Å². The fraction of sp³-hybridized carbons (Fsp3) is 0.556. The summed E-state index contributed by atoms with van der Waals surface area (Å²) in [5, 5.41) is 0. The molecule has 0 aliphatic heterocycles. The average Bonchev–Trinajstić information content (AvgIpc) is 2.49. The molecule has 1 aromatic carbocycles. The van der Waals surface area contributed by atoms with Crippen molar-refractivity contribution in [1.29, 1.82) is 0 Å². The molecule has 0 bridgehead atoms. The molecule has 0 atom stereocenters. The minimum Gasteiger partial charge on any atom is -0.491 e. The molecule has 0 N–H and O–H groups in total. The van der Waals surface area contributed by atoms with Gasteiger partial charge in [-0.1, -0.05) is 37.6 Å². The molecule has 118 valence electrons. The van der Waals surface area contributed by atoms with E-state index in [0.717, 1.165) is 38.4 Å². The summed E-state index contributed by atoms with van der Waals surface area (Å²) in [6.45, 7) is 15.3. The van der Waals surface area contributed by atoms with Gasteiger partial charge in [-0.15, -0.1) is 6.58 Å². The molecule has 0 fully saturated rings. The molecule has 1 rings (SSSR count). The number of benzene rings is 1. The summed E-state index contributed by atoms with van der Waals surface area (Å²) in [6, 6.07) is 6.26. The van der Waals surface area contributed by atoms with Crippen LogP contribution >= 0.6 is 0 Å². The van der Waals surface area contributed by atoms with Gasteiger partial charge in [0.25, 0.3) is 0 Å². The van der Waals surface area contributed by atoms with E-state index in [2.05, 4.69) is 44.4 Å². The van der Waals surface area contributed by atoms with Crippen LogP contribution in [0.2, 0.25) is 0 Å². The van der Waals surface area contributed by atoms with Crippen LogP contribution in [0.5, 0.6) is 5.75 Å². The molecule has 0 aliphatic rings. The number of hydrogen-bond acceptors (Lipinski definition) is 3. The second-order valence-corrected chi connectivity index (χ2v) is 5.09. The highest BCUT2D eigenvalue weighted by atomic mass is 16.5. The Morgan fingerprint density at radius 3 is 2.57 bits per heavy atom. The quantitative estimate of drug-likeness (QED) is 0.460. The van der Waals surface area contributed by atoms with Crippen molar-refractivity contribution in [2.75, 3.05) is 39.5 Å². The van der Waals surface area contributed by atoms with E-state index in [1.807, 2.05) is 12.1 Å². The second kappa shape index (κ2) is 10.4. The lowest BCUT2D eigenvalue weighted by Gasteiger charge is -2.17. The van der Waals surface area contributed by atoms with Gasteiger partial charge in [0.15, 0.2) is 0 Å². The summed E-state index contributed by atoms with van der Waals surface area (Å²) in [4.78, 5) is 2.35. The first kappa shape index (κ1) is 17.7. The van der Waals surface area contributed by atoms with Crippen molar-refractivity contribution in [3.8, 4) is 5.75 Å². The van der Waals surface area contributed by atoms with Gasteiger partial charge in [0.2, 0.25) is 0 Å². The average molecular weight is 291 g/mol. The Labute approximate surface area is 129 Å². The Morgan fingerprint density at radius 2 is 1.90 bits per heavy atom. The van der Waals surface area contributed by atoms with Crippen LogP contribution in [0.4, 0.5) is 0 Å². The van der Waals surface area contributed by atoms with Gasteiger partial charge >= 0.3 is 0 Å². The van der Waals surface area contributed by atoms with Crippen LogP contribution in [0.25, 0.3) is 0 Å². The van der Waals surface area contributed by atoms with E-state index in [4.69, 9.17) is 9.47 Å². The molecule has 0 radical (unpaired) electrons. The van der Waals surface area contributed by atoms with E-state index in [1.165, 1.54) is 11.1 Å². The third-order valence-electron chi connectivity index (χ3n) is 3.51. The zero-order chi connectivity index (χ0) is 15.5. The topological polar surface area (TPSA) is 21.7 Å². The predicted octanol–water partition coefficient (Wildman–Crippen LogP) is 3.46. The van der Waals surface area contributed by atoms with E-state index in [9.17, 15) is 0 Å². The summed E-state index contributed by atoms with van der Waals surface area (Å²) in [5.74, 6) is 0.938. The fourth-order valence-corrected chi connectivity index (χ4v) is 2.21. The third kappa shape index (κ3) is 6.78. The zero-order valence-electron chi connectivity index (χ0n) is 13.7. The molecule has 3 nitrogen and oxygen atoms in total. The second-order valence-electron chi connectivity index (χ2n) is 5.09. The van der Waals surface area contributed by atoms with Gasteiger partial charge in [-0.05, 0) is 38.1 Å². The summed E-state index contributed by atoms with van der Waals surface area (Å²) < 4.78 is 11.4. The van der Waals surface area contributed by atoms with Crippen LogP contribution in [0.15, 0.2) is 30.9 Å². The molecule has 0 saturated carbocycles. The number of likely N-dealkylation sites (N-methyl/N-ethyl adjacent to an activating group) is 1. The first-order chi connectivity index (χ1) is 10.2. The fourth-order valence-electron chi connectivity index (χ4n) is 2.21.